The standard InChI is InChI=1S/C11H16BrN5O3/c12-7-5-15-17(9(7)13)6-8(18)16-3-1-11(20,2-4-16)10(14)19/h5,20H,1-4,6,13H2,(H2,14,19). The Balaban J connectivity index is 1.96. The van der Waals surface area contributed by atoms with E-state index in [0.717, 1.165) is 0 Å². The largest absolute Gasteiger partial charge is 0.383 e. The number of hydrogen-bond acceptors (Lipinski definition) is 5. The monoisotopic (exact) mass is 345 g/mol. The minimum Gasteiger partial charge on any atom is -0.383 e. The maximum atomic E-state index is 12.1. The van der Waals surface area contributed by atoms with Crippen molar-refractivity contribution in [3.63, 3.8) is 0 Å². The first-order valence-electron chi connectivity index (χ1n) is 6.10. The fraction of sp³-hybridized carbons (Fsp3) is 0.545. The molecule has 20 heavy (non-hydrogen) atoms. The normalized spacial score (nSPS) is 18.0. The molecule has 5 N–H and O–H groups in total. The number of carbonyl (C=O) groups is 2. The van der Waals surface area contributed by atoms with E-state index in [1.54, 1.807) is 4.90 Å². The first kappa shape index (κ1) is 14.8. The summed E-state index contributed by atoms with van der Waals surface area (Å²) in [6.45, 7) is 0.577. The molecule has 2 rings (SSSR count). The Morgan fingerprint density at radius 3 is 2.50 bits per heavy atom. The van der Waals surface area contributed by atoms with Gasteiger partial charge in [-0.25, -0.2) is 4.68 Å². The molecule has 0 saturated carbocycles. The second-order valence-electron chi connectivity index (χ2n) is 4.81. The number of aromatic nitrogens is 2. The summed E-state index contributed by atoms with van der Waals surface area (Å²) in [5.74, 6) is -0.535. The average molecular weight is 346 g/mol. The second kappa shape index (κ2) is 5.41. The van der Waals surface area contributed by atoms with Crippen molar-refractivity contribution in [2.24, 2.45) is 5.73 Å². The molecule has 0 radical (unpaired) electrons. The fourth-order valence-corrected chi connectivity index (χ4v) is 2.39. The fourth-order valence-electron chi connectivity index (χ4n) is 2.10. The molecule has 1 aromatic heterocycles. The van der Waals surface area contributed by atoms with Crippen molar-refractivity contribution in [2.75, 3.05) is 18.8 Å². The van der Waals surface area contributed by atoms with Gasteiger partial charge in [-0.05, 0) is 15.9 Å². The van der Waals surface area contributed by atoms with E-state index in [9.17, 15) is 14.7 Å². The molecule has 1 aliphatic rings. The SMILES string of the molecule is NC(=O)C1(O)CCN(C(=O)Cn2ncc(Br)c2N)CC1. The quantitative estimate of drug-likeness (QED) is 0.651. The van der Waals surface area contributed by atoms with E-state index in [2.05, 4.69) is 21.0 Å². The number of halogens is 1. The van der Waals surface area contributed by atoms with Crippen LogP contribution in [0.4, 0.5) is 5.82 Å². The van der Waals surface area contributed by atoms with Crippen LogP contribution >= 0.6 is 15.9 Å². The Kier molecular flexibility index (Phi) is 4.00. The zero-order chi connectivity index (χ0) is 14.9. The summed E-state index contributed by atoms with van der Waals surface area (Å²) in [5.41, 5.74) is 9.38. The van der Waals surface area contributed by atoms with Gasteiger partial charge in [0.05, 0.1) is 10.7 Å². The van der Waals surface area contributed by atoms with Crippen LogP contribution in [0.3, 0.4) is 0 Å². The van der Waals surface area contributed by atoms with Gasteiger partial charge < -0.3 is 21.5 Å². The Labute approximate surface area is 123 Å². The molecule has 9 heteroatoms. The highest BCUT2D eigenvalue weighted by Crippen LogP contribution is 2.22. The summed E-state index contributed by atoms with van der Waals surface area (Å²) in [6.07, 6.45) is 1.81. The Bertz CT molecular complexity index is 536. The molecule has 110 valence electrons. The third-order valence-electron chi connectivity index (χ3n) is 3.52. The van der Waals surface area contributed by atoms with Gasteiger partial charge in [0, 0.05) is 25.9 Å². The van der Waals surface area contributed by atoms with Gasteiger partial charge in [0.15, 0.2) is 0 Å². The number of nitrogens with two attached hydrogens (primary N) is 2. The molecule has 1 aliphatic heterocycles. The van der Waals surface area contributed by atoms with E-state index in [4.69, 9.17) is 11.5 Å². The predicted molar refractivity (Wildman–Crippen MR) is 74.3 cm³/mol. The van der Waals surface area contributed by atoms with Crippen molar-refractivity contribution in [1.82, 2.24) is 14.7 Å². The van der Waals surface area contributed by atoms with Crippen molar-refractivity contribution in [3.05, 3.63) is 10.7 Å². The summed E-state index contributed by atoms with van der Waals surface area (Å²) in [5, 5.41) is 13.9. The maximum Gasteiger partial charge on any atom is 0.249 e. The third-order valence-corrected chi connectivity index (χ3v) is 4.13. The number of likely N-dealkylation sites (tertiary alicyclic amines) is 1. The van der Waals surface area contributed by atoms with E-state index in [1.165, 1.54) is 10.9 Å². The van der Waals surface area contributed by atoms with Crippen molar-refractivity contribution >= 4 is 33.6 Å². The van der Waals surface area contributed by atoms with Gasteiger partial charge in [0.25, 0.3) is 0 Å². The lowest BCUT2D eigenvalue weighted by molar-refractivity contribution is -0.147. The molecule has 1 aromatic rings. The highest BCUT2D eigenvalue weighted by Gasteiger charge is 2.38. The summed E-state index contributed by atoms with van der Waals surface area (Å²) < 4.78 is 2.02. The smallest absolute Gasteiger partial charge is 0.249 e. The Morgan fingerprint density at radius 2 is 2.05 bits per heavy atom. The number of hydrogen-bond donors (Lipinski definition) is 3. The third kappa shape index (κ3) is 2.78. The number of nitrogen functional groups attached to an aromatic ring is 1. The molecule has 2 amide bonds. The molecular weight excluding hydrogens is 330 g/mol. The molecule has 1 saturated heterocycles. The maximum absolute atomic E-state index is 12.1. The molecule has 0 aromatic carbocycles. The molecule has 0 bridgehead atoms. The highest BCUT2D eigenvalue weighted by atomic mass is 79.9. The van der Waals surface area contributed by atoms with Crippen LogP contribution in [0, 0.1) is 0 Å². The average Bonchev–Trinajstić information content (AvgIpc) is 2.71. The van der Waals surface area contributed by atoms with Gasteiger partial charge >= 0.3 is 0 Å². The topological polar surface area (TPSA) is 127 Å². The van der Waals surface area contributed by atoms with E-state index >= 15 is 0 Å². The van der Waals surface area contributed by atoms with Crippen molar-refractivity contribution in [1.29, 1.82) is 0 Å². The van der Waals surface area contributed by atoms with Gasteiger partial charge in [-0.3, -0.25) is 9.59 Å². The van der Waals surface area contributed by atoms with E-state index < -0.39 is 11.5 Å². The summed E-state index contributed by atoms with van der Waals surface area (Å²) in [7, 11) is 0. The Morgan fingerprint density at radius 1 is 1.45 bits per heavy atom. The number of primary amides is 1. The molecule has 1 fully saturated rings. The van der Waals surface area contributed by atoms with Crippen LogP contribution in [0.15, 0.2) is 10.7 Å². The number of aliphatic hydroxyl groups is 1. The van der Waals surface area contributed by atoms with Gasteiger partial charge in [0.2, 0.25) is 11.8 Å². The molecule has 0 atom stereocenters. The van der Waals surface area contributed by atoms with E-state index in [-0.39, 0.29) is 38.4 Å². The lowest BCUT2D eigenvalue weighted by Crippen LogP contribution is -2.53. The number of piperidine rings is 1. The van der Waals surface area contributed by atoms with Crippen LogP contribution in [0.5, 0.6) is 0 Å². The van der Waals surface area contributed by atoms with Crippen LogP contribution in [0.1, 0.15) is 12.8 Å². The summed E-state index contributed by atoms with van der Waals surface area (Å²) in [4.78, 5) is 24.8. The number of amides is 2. The zero-order valence-electron chi connectivity index (χ0n) is 10.8. The number of rotatable bonds is 3. The summed E-state index contributed by atoms with van der Waals surface area (Å²) >= 11 is 3.22. The Hall–Kier alpha value is -1.61. The lowest BCUT2D eigenvalue weighted by atomic mass is 9.91. The van der Waals surface area contributed by atoms with Gasteiger partial charge in [0.1, 0.15) is 18.0 Å². The van der Waals surface area contributed by atoms with Gasteiger partial charge in [-0.1, -0.05) is 0 Å². The molecule has 2 heterocycles. The number of carbonyl (C=O) groups excluding carboxylic acids is 2. The van der Waals surface area contributed by atoms with Crippen LogP contribution in [0.25, 0.3) is 0 Å². The zero-order valence-corrected chi connectivity index (χ0v) is 12.3. The van der Waals surface area contributed by atoms with Crippen molar-refractivity contribution < 1.29 is 14.7 Å². The summed E-state index contributed by atoms with van der Waals surface area (Å²) in [6, 6.07) is 0. The lowest BCUT2D eigenvalue weighted by Gasteiger charge is -2.36. The highest BCUT2D eigenvalue weighted by molar-refractivity contribution is 9.10. The number of nitrogens with zero attached hydrogens (tertiary/aromatic N) is 3. The minimum atomic E-state index is -1.51. The molecule has 8 nitrogen and oxygen atoms in total. The molecule has 0 spiro atoms. The molecular formula is C11H16BrN5O3. The van der Waals surface area contributed by atoms with Gasteiger partial charge in [-0.15, -0.1) is 0 Å². The predicted octanol–water partition coefficient (Wildman–Crippen LogP) is -0.933. The van der Waals surface area contributed by atoms with E-state index in [1.807, 2.05) is 0 Å². The second-order valence-corrected chi connectivity index (χ2v) is 5.67. The van der Waals surface area contributed by atoms with E-state index in [0.29, 0.717) is 10.3 Å². The first-order valence-corrected chi connectivity index (χ1v) is 6.89. The van der Waals surface area contributed by atoms with Crippen LogP contribution in [-0.2, 0) is 16.1 Å². The van der Waals surface area contributed by atoms with Crippen LogP contribution in [0.2, 0.25) is 0 Å². The molecule has 0 unspecified atom stereocenters. The van der Waals surface area contributed by atoms with Crippen LogP contribution in [-0.4, -0.2) is 50.3 Å². The van der Waals surface area contributed by atoms with Crippen molar-refractivity contribution in [3.8, 4) is 0 Å². The van der Waals surface area contributed by atoms with Gasteiger partial charge in [-0.2, -0.15) is 5.10 Å². The number of anilines is 1. The first-order chi connectivity index (χ1) is 9.33. The van der Waals surface area contributed by atoms with Crippen LogP contribution < -0.4 is 11.5 Å². The minimum absolute atomic E-state index is 0.0203. The van der Waals surface area contributed by atoms with Crippen molar-refractivity contribution in [2.45, 2.75) is 25.0 Å². The molecule has 0 aliphatic carbocycles.